The van der Waals surface area contributed by atoms with E-state index in [0.29, 0.717) is 5.92 Å². The molecule has 0 heterocycles. The molecule has 2 N–H and O–H groups in total. The number of hydrogen-bond donors (Lipinski definition) is 1. The zero-order chi connectivity index (χ0) is 13.3. The summed E-state index contributed by atoms with van der Waals surface area (Å²) in [5.74, 6) is 2.26. The van der Waals surface area contributed by atoms with Crippen molar-refractivity contribution in [3.05, 3.63) is 31.8 Å². The summed E-state index contributed by atoms with van der Waals surface area (Å²) in [6.45, 7) is 4.72. The first-order valence-electron chi connectivity index (χ1n) is 6.68. The first-order valence-corrected chi connectivity index (χ1v) is 8.55. The summed E-state index contributed by atoms with van der Waals surface area (Å²) in [4.78, 5) is 0. The van der Waals surface area contributed by atoms with E-state index in [0.717, 1.165) is 16.3 Å². The standard InChI is InChI=1S/C15H21BrIN/c1-9-5-10(2)7-11(6-9)15(18)13-8-12(16)3-4-14(13)17/h3-4,8-11,15H,5-7,18H2,1-2H3. The maximum Gasteiger partial charge on any atom is 0.0334 e. The van der Waals surface area contributed by atoms with Gasteiger partial charge in [0, 0.05) is 14.1 Å². The van der Waals surface area contributed by atoms with Gasteiger partial charge in [0.1, 0.15) is 0 Å². The second kappa shape index (κ2) is 6.23. The molecule has 2 rings (SSSR count). The molecule has 1 nitrogen and oxygen atoms in total. The van der Waals surface area contributed by atoms with Crippen LogP contribution in [0.2, 0.25) is 0 Å². The lowest BCUT2D eigenvalue weighted by Gasteiger charge is -2.35. The predicted molar refractivity (Wildman–Crippen MR) is 89.5 cm³/mol. The van der Waals surface area contributed by atoms with Crippen molar-refractivity contribution in [2.45, 2.75) is 39.2 Å². The molecule has 1 aliphatic rings. The van der Waals surface area contributed by atoms with Gasteiger partial charge < -0.3 is 5.73 Å². The van der Waals surface area contributed by atoms with Crippen molar-refractivity contribution in [2.75, 3.05) is 0 Å². The number of rotatable bonds is 2. The maximum atomic E-state index is 6.54. The Morgan fingerprint density at radius 2 is 1.83 bits per heavy atom. The van der Waals surface area contributed by atoms with E-state index in [-0.39, 0.29) is 6.04 Å². The molecule has 3 heteroatoms. The highest BCUT2D eigenvalue weighted by atomic mass is 127. The minimum atomic E-state index is 0.180. The fourth-order valence-corrected chi connectivity index (χ4v) is 4.40. The van der Waals surface area contributed by atoms with Crippen LogP contribution in [-0.2, 0) is 0 Å². The Morgan fingerprint density at radius 3 is 2.44 bits per heavy atom. The lowest BCUT2D eigenvalue weighted by atomic mass is 9.73. The monoisotopic (exact) mass is 421 g/mol. The van der Waals surface area contributed by atoms with Gasteiger partial charge in [0.15, 0.2) is 0 Å². The highest BCUT2D eigenvalue weighted by Gasteiger charge is 2.29. The van der Waals surface area contributed by atoms with E-state index in [1.165, 1.54) is 28.4 Å². The molecule has 1 aromatic carbocycles. The van der Waals surface area contributed by atoms with Crippen LogP contribution in [0.1, 0.15) is 44.7 Å². The van der Waals surface area contributed by atoms with Crippen LogP contribution in [0, 0.1) is 21.3 Å². The highest BCUT2D eigenvalue weighted by molar-refractivity contribution is 14.1. The SMILES string of the molecule is CC1CC(C)CC(C(N)c2cc(Br)ccc2I)C1. The molecular formula is C15H21BrIN. The molecule has 0 bridgehead atoms. The van der Waals surface area contributed by atoms with E-state index in [2.05, 4.69) is 70.6 Å². The van der Waals surface area contributed by atoms with Crippen LogP contribution in [0.3, 0.4) is 0 Å². The van der Waals surface area contributed by atoms with E-state index in [4.69, 9.17) is 5.73 Å². The summed E-state index contributed by atoms with van der Waals surface area (Å²) >= 11 is 5.95. The summed E-state index contributed by atoms with van der Waals surface area (Å²) in [5, 5.41) is 0. The van der Waals surface area contributed by atoms with Crippen LogP contribution in [0.15, 0.2) is 22.7 Å². The van der Waals surface area contributed by atoms with Gasteiger partial charge >= 0.3 is 0 Å². The Bertz CT molecular complexity index is 411. The Hall–Kier alpha value is 0.390. The molecule has 0 aromatic heterocycles. The molecule has 0 saturated heterocycles. The van der Waals surface area contributed by atoms with Gasteiger partial charge in [0.25, 0.3) is 0 Å². The average molecular weight is 422 g/mol. The van der Waals surface area contributed by atoms with Gasteiger partial charge in [0.05, 0.1) is 0 Å². The minimum Gasteiger partial charge on any atom is -0.324 e. The minimum absolute atomic E-state index is 0.180. The number of halogens is 2. The molecule has 1 aromatic rings. The van der Waals surface area contributed by atoms with Crippen LogP contribution in [-0.4, -0.2) is 0 Å². The van der Waals surface area contributed by atoms with Crippen molar-refractivity contribution in [1.29, 1.82) is 0 Å². The molecule has 1 aliphatic carbocycles. The fraction of sp³-hybridized carbons (Fsp3) is 0.600. The number of nitrogens with two attached hydrogens (primary N) is 1. The molecule has 0 amide bonds. The Labute approximate surface area is 132 Å². The third-order valence-corrected chi connectivity index (χ3v) is 5.52. The van der Waals surface area contributed by atoms with E-state index >= 15 is 0 Å². The maximum absolute atomic E-state index is 6.54. The van der Waals surface area contributed by atoms with Crippen molar-refractivity contribution in [1.82, 2.24) is 0 Å². The van der Waals surface area contributed by atoms with Gasteiger partial charge in [-0.3, -0.25) is 0 Å². The van der Waals surface area contributed by atoms with Gasteiger partial charge in [-0.15, -0.1) is 0 Å². The highest BCUT2D eigenvalue weighted by Crippen LogP contribution is 2.40. The van der Waals surface area contributed by atoms with Crippen LogP contribution >= 0.6 is 38.5 Å². The second-order valence-corrected chi connectivity index (χ2v) is 7.95. The van der Waals surface area contributed by atoms with Crippen LogP contribution in [0.5, 0.6) is 0 Å². The number of hydrogen-bond acceptors (Lipinski definition) is 1. The van der Waals surface area contributed by atoms with Crippen LogP contribution in [0.4, 0.5) is 0 Å². The largest absolute Gasteiger partial charge is 0.324 e. The lowest BCUT2D eigenvalue weighted by Crippen LogP contribution is -2.29. The first-order chi connectivity index (χ1) is 8.47. The average Bonchev–Trinajstić information content (AvgIpc) is 2.30. The Balaban J connectivity index is 2.19. The van der Waals surface area contributed by atoms with E-state index in [1.807, 2.05) is 0 Å². The fourth-order valence-electron chi connectivity index (χ4n) is 3.33. The topological polar surface area (TPSA) is 26.0 Å². The van der Waals surface area contributed by atoms with Crippen LogP contribution in [0.25, 0.3) is 0 Å². The molecule has 0 spiro atoms. The van der Waals surface area contributed by atoms with E-state index < -0.39 is 0 Å². The summed E-state index contributed by atoms with van der Waals surface area (Å²) in [5.41, 5.74) is 7.84. The Kier molecular flexibility index (Phi) is 5.12. The molecule has 100 valence electrons. The molecular weight excluding hydrogens is 401 g/mol. The molecule has 18 heavy (non-hydrogen) atoms. The zero-order valence-corrected chi connectivity index (χ0v) is 14.7. The summed E-state index contributed by atoms with van der Waals surface area (Å²) in [6, 6.07) is 6.61. The van der Waals surface area contributed by atoms with Crippen molar-refractivity contribution >= 4 is 38.5 Å². The molecule has 0 radical (unpaired) electrons. The molecule has 1 saturated carbocycles. The normalized spacial score (nSPS) is 30.2. The van der Waals surface area contributed by atoms with Gasteiger partial charge in [-0.05, 0) is 83.4 Å². The Morgan fingerprint density at radius 1 is 1.22 bits per heavy atom. The quantitative estimate of drug-likeness (QED) is 0.658. The van der Waals surface area contributed by atoms with Crippen molar-refractivity contribution < 1.29 is 0 Å². The molecule has 3 atom stereocenters. The third kappa shape index (κ3) is 3.48. The van der Waals surface area contributed by atoms with Crippen molar-refractivity contribution in [3.8, 4) is 0 Å². The zero-order valence-electron chi connectivity index (χ0n) is 11.0. The summed E-state index contributed by atoms with van der Waals surface area (Å²) in [7, 11) is 0. The summed E-state index contributed by atoms with van der Waals surface area (Å²) < 4.78 is 2.42. The second-order valence-electron chi connectivity index (χ2n) is 5.87. The molecule has 0 aliphatic heterocycles. The van der Waals surface area contributed by atoms with Gasteiger partial charge in [0.2, 0.25) is 0 Å². The summed E-state index contributed by atoms with van der Waals surface area (Å²) in [6.07, 6.45) is 3.90. The number of benzene rings is 1. The smallest absolute Gasteiger partial charge is 0.0334 e. The first kappa shape index (κ1) is 14.8. The predicted octanol–water partition coefficient (Wildman–Crippen LogP) is 5.13. The van der Waals surface area contributed by atoms with E-state index in [9.17, 15) is 0 Å². The van der Waals surface area contributed by atoms with Gasteiger partial charge in [-0.1, -0.05) is 29.8 Å². The third-order valence-electron chi connectivity index (χ3n) is 4.04. The van der Waals surface area contributed by atoms with Crippen molar-refractivity contribution in [3.63, 3.8) is 0 Å². The lowest BCUT2D eigenvalue weighted by molar-refractivity contribution is 0.193. The van der Waals surface area contributed by atoms with E-state index in [1.54, 1.807) is 0 Å². The molecule has 1 fully saturated rings. The van der Waals surface area contributed by atoms with Gasteiger partial charge in [-0.25, -0.2) is 0 Å². The van der Waals surface area contributed by atoms with Crippen molar-refractivity contribution in [2.24, 2.45) is 23.5 Å². The van der Waals surface area contributed by atoms with Gasteiger partial charge in [-0.2, -0.15) is 0 Å². The van der Waals surface area contributed by atoms with Crippen LogP contribution < -0.4 is 5.73 Å². The molecule has 3 unspecified atom stereocenters.